The van der Waals surface area contributed by atoms with Crippen LogP contribution in [0.25, 0.3) is 11.0 Å². The Kier molecular flexibility index (Phi) is 3.99. The van der Waals surface area contributed by atoms with Crippen molar-refractivity contribution in [1.82, 2.24) is 14.5 Å². The Morgan fingerprint density at radius 1 is 1.33 bits per heavy atom. The summed E-state index contributed by atoms with van der Waals surface area (Å²) in [5.41, 5.74) is 8.39. The minimum atomic E-state index is 0.169. The fourth-order valence-corrected chi connectivity index (χ4v) is 2.14. The molecule has 0 aliphatic carbocycles. The number of nitrogens with two attached hydrogens (primary N) is 1. The third-order valence-electron chi connectivity index (χ3n) is 3.27. The number of benzene rings is 1. The lowest BCUT2D eigenvalue weighted by molar-refractivity contribution is 0.377. The lowest BCUT2D eigenvalue weighted by Gasteiger charge is -2.14. The van der Waals surface area contributed by atoms with E-state index in [1.165, 1.54) is 5.52 Å². The lowest BCUT2D eigenvalue weighted by Crippen LogP contribution is -2.29. The molecule has 1 aromatic heterocycles. The van der Waals surface area contributed by atoms with E-state index in [1.807, 2.05) is 18.2 Å². The first-order valence-electron chi connectivity index (χ1n) is 6.38. The number of hydrogen-bond donors (Lipinski definition) is 1. The highest BCUT2D eigenvalue weighted by molar-refractivity contribution is 5.75. The molecule has 0 aliphatic rings. The van der Waals surface area contributed by atoms with Crippen molar-refractivity contribution in [2.24, 2.45) is 12.8 Å². The second-order valence-electron chi connectivity index (χ2n) is 5.13. The van der Waals surface area contributed by atoms with Crippen molar-refractivity contribution in [2.75, 3.05) is 20.6 Å². The summed E-state index contributed by atoms with van der Waals surface area (Å²) >= 11 is 0. The van der Waals surface area contributed by atoms with E-state index in [4.69, 9.17) is 5.73 Å². The molecule has 1 aromatic carbocycles. The Balaban J connectivity index is 2.09. The van der Waals surface area contributed by atoms with Crippen molar-refractivity contribution < 1.29 is 0 Å². The molecule has 0 saturated heterocycles. The molecule has 1 unspecified atom stereocenters. The molecule has 0 amide bonds. The maximum absolute atomic E-state index is 6.16. The summed E-state index contributed by atoms with van der Waals surface area (Å²) in [6.07, 6.45) is 1.83. The second kappa shape index (κ2) is 5.50. The van der Waals surface area contributed by atoms with Crippen LogP contribution in [-0.2, 0) is 13.5 Å². The van der Waals surface area contributed by atoms with Crippen molar-refractivity contribution in [2.45, 2.75) is 18.9 Å². The molecule has 98 valence electrons. The smallest absolute Gasteiger partial charge is 0.111 e. The van der Waals surface area contributed by atoms with Gasteiger partial charge in [-0.1, -0.05) is 12.1 Å². The number of nitrogens with zero attached hydrogens (tertiary/aromatic N) is 3. The quantitative estimate of drug-likeness (QED) is 0.867. The van der Waals surface area contributed by atoms with Gasteiger partial charge in [0.15, 0.2) is 0 Å². The van der Waals surface area contributed by atoms with Crippen LogP contribution in [-0.4, -0.2) is 41.1 Å². The maximum atomic E-state index is 6.16. The summed E-state index contributed by atoms with van der Waals surface area (Å²) < 4.78 is 2.14. The number of aryl methyl sites for hydroxylation is 1. The SMILES string of the molecule is CN(C)CCC(N)Cc1nc2ccccc2n1C. The van der Waals surface area contributed by atoms with E-state index >= 15 is 0 Å². The summed E-state index contributed by atoms with van der Waals surface area (Å²) in [4.78, 5) is 6.81. The van der Waals surface area contributed by atoms with Gasteiger partial charge in [-0.15, -0.1) is 0 Å². The van der Waals surface area contributed by atoms with Crippen molar-refractivity contribution in [1.29, 1.82) is 0 Å². The fraction of sp³-hybridized carbons (Fsp3) is 0.500. The first-order valence-corrected chi connectivity index (χ1v) is 6.38. The molecule has 4 nitrogen and oxygen atoms in total. The summed E-state index contributed by atoms with van der Waals surface area (Å²) in [7, 11) is 6.20. The zero-order valence-electron chi connectivity index (χ0n) is 11.4. The Bertz CT molecular complexity index is 515. The van der Waals surface area contributed by atoms with Crippen molar-refractivity contribution in [3.63, 3.8) is 0 Å². The van der Waals surface area contributed by atoms with Gasteiger partial charge in [0.2, 0.25) is 0 Å². The first-order chi connectivity index (χ1) is 8.58. The van der Waals surface area contributed by atoms with Gasteiger partial charge >= 0.3 is 0 Å². The zero-order chi connectivity index (χ0) is 13.1. The molecule has 1 heterocycles. The van der Waals surface area contributed by atoms with Crippen LogP contribution in [0, 0.1) is 0 Å². The van der Waals surface area contributed by atoms with E-state index in [0.717, 1.165) is 30.7 Å². The van der Waals surface area contributed by atoms with E-state index in [9.17, 15) is 0 Å². The third kappa shape index (κ3) is 2.89. The average Bonchev–Trinajstić information content (AvgIpc) is 2.65. The van der Waals surface area contributed by atoms with Crippen LogP contribution in [0.4, 0.5) is 0 Å². The molecule has 2 N–H and O–H groups in total. The number of rotatable bonds is 5. The zero-order valence-corrected chi connectivity index (χ0v) is 11.4. The van der Waals surface area contributed by atoms with Gasteiger partial charge in [0.05, 0.1) is 11.0 Å². The summed E-state index contributed by atoms with van der Waals surface area (Å²) in [5.74, 6) is 1.07. The van der Waals surface area contributed by atoms with E-state index < -0.39 is 0 Å². The molecule has 1 atom stereocenters. The van der Waals surface area contributed by atoms with Gasteiger partial charge in [-0.2, -0.15) is 0 Å². The van der Waals surface area contributed by atoms with Crippen molar-refractivity contribution in [3.8, 4) is 0 Å². The van der Waals surface area contributed by atoms with Gasteiger partial charge in [0.25, 0.3) is 0 Å². The summed E-state index contributed by atoms with van der Waals surface area (Å²) in [6.45, 7) is 1.02. The molecular formula is C14H22N4. The van der Waals surface area contributed by atoms with Crippen LogP contribution in [0.1, 0.15) is 12.2 Å². The minimum Gasteiger partial charge on any atom is -0.331 e. The van der Waals surface area contributed by atoms with Crippen LogP contribution in [0.15, 0.2) is 24.3 Å². The summed E-state index contributed by atoms with van der Waals surface area (Å²) in [5, 5.41) is 0. The molecule has 0 fully saturated rings. The van der Waals surface area contributed by atoms with Crippen LogP contribution < -0.4 is 5.73 Å². The van der Waals surface area contributed by atoms with E-state index in [2.05, 4.69) is 41.7 Å². The Morgan fingerprint density at radius 2 is 2.06 bits per heavy atom. The molecule has 0 radical (unpaired) electrons. The highest BCUT2D eigenvalue weighted by Gasteiger charge is 2.11. The highest BCUT2D eigenvalue weighted by Crippen LogP contribution is 2.15. The molecule has 0 bridgehead atoms. The normalized spacial score (nSPS) is 13.4. The van der Waals surface area contributed by atoms with Crippen LogP contribution in [0.5, 0.6) is 0 Å². The van der Waals surface area contributed by atoms with Crippen LogP contribution in [0.3, 0.4) is 0 Å². The molecule has 2 rings (SSSR count). The minimum absolute atomic E-state index is 0.169. The highest BCUT2D eigenvalue weighted by atomic mass is 15.1. The van der Waals surface area contributed by atoms with Gasteiger partial charge in [-0.05, 0) is 39.2 Å². The van der Waals surface area contributed by atoms with Gasteiger partial charge in [0.1, 0.15) is 5.82 Å². The Morgan fingerprint density at radius 3 is 2.72 bits per heavy atom. The predicted octanol–water partition coefficient (Wildman–Crippen LogP) is 1.39. The van der Waals surface area contributed by atoms with E-state index in [1.54, 1.807) is 0 Å². The number of para-hydroxylation sites is 2. The topological polar surface area (TPSA) is 47.1 Å². The Labute approximate surface area is 108 Å². The van der Waals surface area contributed by atoms with E-state index in [0.29, 0.717) is 0 Å². The number of fused-ring (bicyclic) bond motifs is 1. The van der Waals surface area contributed by atoms with Crippen LogP contribution >= 0.6 is 0 Å². The van der Waals surface area contributed by atoms with Gasteiger partial charge < -0.3 is 15.2 Å². The largest absolute Gasteiger partial charge is 0.331 e. The summed E-state index contributed by atoms with van der Waals surface area (Å²) in [6, 6.07) is 8.37. The van der Waals surface area contributed by atoms with Gasteiger partial charge in [-0.25, -0.2) is 4.98 Å². The second-order valence-corrected chi connectivity index (χ2v) is 5.13. The van der Waals surface area contributed by atoms with Crippen molar-refractivity contribution in [3.05, 3.63) is 30.1 Å². The number of aromatic nitrogens is 2. The monoisotopic (exact) mass is 246 g/mol. The number of hydrogen-bond acceptors (Lipinski definition) is 3. The standard InChI is InChI=1S/C14H22N4/c1-17(2)9-8-11(15)10-14-16-12-6-4-5-7-13(12)18(14)3/h4-7,11H,8-10,15H2,1-3H3. The van der Waals surface area contributed by atoms with Crippen LogP contribution in [0.2, 0.25) is 0 Å². The fourth-order valence-electron chi connectivity index (χ4n) is 2.14. The number of imidazole rings is 1. The van der Waals surface area contributed by atoms with E-state index in [-0.39, 0.29) is 6.04 Å². The third-order valence-corrected chi connectivity index (χ3v) is 3.27. The Hall–Kier alpha value is -1.39. The molecule has 4 heteroatoms. The molecule has 0 saturated carbocycles. The first kappa shape index (κ1) is 13.1. The maximum Gasteiger partial charge on any atom is 0.111 e. The molecule has 18 heavy (non-hydrogen) atoms. The van der Waals surface area contributed by atoms with Gasteiger partial charge in [-0.3, -0.25) is 0 Å². The van der Waals surface area contributed by atoms with Crippen molar-refractivity contribution >= 4 is 11.0 Å². The van der Waals surface area contributed by atoms with Gasteiger partial charge in [0, 0.05) is 19.5 Å². The molecule has 2 aromatic rings. The molecule has 0 spiro atoms. The molecular weight excluding hydrogens is 224 g/mol. The average molecular weight is 246 g/mol. The lowest BCUT2D eigenvalue weighted by atomic mass is 10.1. The predicted molar refractivity (Wildman–Crippen MR) is 75.6 cm³/mol. The molecule has 0 aliphatic heterocycles.